The van der Waals surface area contributed by atoms with Crippen LogP contribution in [-0.2, 0) is 12.8 Å². The van der Waals surface area contributed by atoms with E-state index in [9.17, 15) is 9.18 Å². The van der Waals surface area contributed by atoms with Gasteiger partial charge in [-0.25, -0.2) is 19.2 Å². The monoisotopic (exact) mass is 390 g/mol. The first-order valence-corrected chi connectivity index (χ1v) is 9.09. The van der Waals surface area contributed by atoms with Gasteiger partial charge in [-0.15, -0.1) is 0 Å². The molecule has 0 aliphatic carbocycles. The number of aromatic carboxylic acids is 1. The number of pyridine rings is 1. The Morgan fingerprint density at radius 1 is 1.14 bits per heavy atom. The SMILES string of the molecule is CCc1ccc(C#Cc2c(CC)nc(N)nc2-c2ccc(C(=O)O)c(F)c2)cn1. The summed E-state index contributed by atoms with van der Waals surface area (Å²) in [4.78, 5) is 23.9. The molecule has 0 aliphatic rings. The van der Waals surface area contributed by atoms with E-state index in [0.29, 0.717) is 28.9 Å². The van der Waals surface area contributed by atoms with E-state index in [4.69, 9.17) is 10.8 Å². The molecule has 0 saturated heterocycles. The highest BCUT2D eigenvalue weighted by Gasteiger charge is 2.16. The van der Waals surface area contributed by atoms with E-state index >= 15 is 0 Å². The van der Waals surface area contributed by atoms with Gasteiger partial charge in [-0.05, 0) is 37.1 Å². The molecule has 3 N–H and O–H groups in total. The first kappa shape index (κ1) is 20.0. The molecule has 146 valence electrons. The number of aryl methyl sites for hydroxylation is 2. The Balaban J connectivity index is 2.13. The Kier molecular flexibility index (Phi) is 5.84. The van der Waals surface area contributed by atoms with Crippen molar-refractivity contribution in [2.75, 3.05) is 5.73 Å². The van der Waals surface area contributed by atoms with Crippen LogP contribution in [0.4, 0.5) is 10.3 Å². The van der Waals surface area contributed by atoms with Gasteiger partial charge in [0.15, 0.2) is 0 Å². The Morgan fingerprint density at radius 2 is 1.93 bits per heavy atom. The van der Waals surface area contributed by atoms with Crippen molar-refractivity contribution < 1.29 is 14.3 Å². The van der Waals surface area contributed by atoms with Crippen LogP contribution in [0.3, 0.4) is 0 Å². The zero-order valence-corrected chi connectivity index (χ0v) is 16.0. The molecule has 29 heavy (non-hydrogen) atoms. The number of rotatable bonds is 4. The molecule has 7 heteroatoms. The van der Waals surface area contributed by atoms with Crippen molar-refractivity contribution in [3.63, 3.8) is 0 Å². The zero-order chi connectivity index (χ0) is 21.0. The first-order chi connectivity index (χ1) is 13.9. The van der Waals surface area contributed by atoms with E-state index in [-0.39, 0.29) is 5.95 Å². The van der Waals surface area contributed by atoms with Crippen LogP contribution < -0.4 is 5.73 Å². The lowest BCUT2D eigenvalue weighted by Crippen LogP contribution is -2.06. The topological polar surface area (TPSA) is 102 Å². The molecule has 3 aromatic rings. The van der Waals surface area contributed by atoms with Crippen molar-refractivity contribution in [2.24, 2.45) is 0 Å². The summed E-state index contributed by atoms with van der Waals surface area (Å²) in [7, 11) is 0. The Labute approximate surface area is 167 Å². The molecule has 0 bridgehead atoms. The standard InChI is InChI=1S/C22H19FN4O2/c1-3-15-8-5-13(12-25-15)6-9-17-19(4-2)26-22(24)27-20(17)14-7-10-16(21(28)29)18(23)11-14/h5,7-8,10-12H,3-4H2,1-2H3,(H,28,29)(H2,24,26,27). The van der Waals surface area contributed by atoms with Gasteiger partial charge in [0, 0.05) is 23.0 Å². The van der Waals surface area contributed by atoms with Gasteiger partial charge in [0.1, 0.15) is 5.82 Å². The van der Waals surface area contributed by atoms with Crippen molar-refractivity contribution in [2.45, 2.75) is 26.7 Å². The number of benzene rings is 1. The molecule has 6 nitrogen and oxygen atoms in total. The molecule has 0 atom stereocenters. The van der Waals surface area contributed by atoms with Crippen LogP contribution in [0.15, 0.2) is 36.5 Å². The number of halogens is 1. The maximum Gasteiger partial charge on any atom is 0.338 e. The number of hydrogen-bond donors (Lipinski definition) is 2. The molecular weight excluding hydrogens is 371 g/mol. The predicted molar refractivity (Wildman–Crippen MR) is 108 cm³/mol. The largest absolute Gasteiger partial charge is 0.478 e. The zero-order valence-electron chi connectivity index (χ0n) is 16.0. The number of anilines is 1. The van der Waals surface area contributed by atoms with E-state index in [0.717, 1.165) is 23.7 Å². The maximum absolute atomic E-state index is 14.2. The third kappa shape index (κ3) is 4.38. The van der Waals surface area contributed by atoms with Crippen molar-refractivity contribution in [3.05, 3.63) is 70.4 Å². The fourth-order valence-electron chi connectivity index (χ4n) is 2.80. The van der Waals surface area contributed by atoms with E-state index in [2.05, 4.69) is 26.8 Å². The Morgan fingerprint density at radius 3 is 2.52 bits per heavy atom. The Hall–Kier alpha value is -3.79. The van der Waals surface area contributed by atoms with Crippen molar-refractivity contribution in [1.82, 2.24) is 15.0 Å². The molecule has 3 rings (SSSR count). The lowest BCUT2D eigenvalue weighted by Gasteiger charge is -2.10. The van der Waals surface area contributed by atoms with Crippen molar-refractivity contribution in [1.29, 1.82) is 0 Å². The lowest BCUT2D eigenvalue weighted by atomic mass is 10.0. The lowest BCUT2D eigenvalue weighted by molar-refractivity contribution is 0.0692. The molecule has 2 heterocycles. The summed E-state index contributed by atoms with van der Waals surface area (Å²) < 4.78 is 14.2. The van der Waals surface area contributed by atoms with Gasteiger partial charge in [-0.2, -0.15) is 0 Å². The van der Waals surface area contributed by atoms with Crippen LogP contribution in [-0.4, -0.2) is 26.0 Å². The van der Waals surface area contributed by atoms with Crippen LogP contribution in [0.25, 0.3) is 11.3 Å². The van der Waals surface area contributed by atoms with Gasteiger partial charge in [-0.1, -0.05) is 31.8 Å². The summed E-state index contributed by atoms with van der Waals surface area (Å²) in [6.07, 6.45) is 3.07. The van der Waals surface area contributed by atoms with E-state index in [1.165, 1.54) is 12.1 Å². The fourth-order valence-corrected chi connectivity index (χ4v) is 2.80. The van der Waals surface area contributed by atoms with Crippen LogP contribution in [0.2, 0.25) is 0 Å². The highest BCUT2D eigenvalue weighted by Crippen LogP contribution is 2.26. The molecule has 0 saturated carbocycles. The molecule has 0 spiro atoms. The second kappa shape index (κ2) is 8.48. The summed E-state index contributed by atoms with van der Waals surface area (Å²) in [5.41, 5.74) is 8.98. The second-order valence-electron chi connectivity index (χ2n) is 6.25. The summed E-state index contributed by atoms with van der Waals surface area (Å²) in [5.74, 6) is 3.94. The summed E-state index contributed by atoms with van der Waals surface area (Å²) in [5, 5.41) is 9.04. The average molecular weight is 390 g/mol. The number of nitrogen functional groups attached to an aromatic ring is 1. The quantitative estimate of drug-likeness (QED) is 0.661. The predicted octanol–water partition coefficient (Wildman–Crippen LogP) is 3.48. The average Bonchev–Trinajstić information content (AvgIpc) is 2.72. The van der Waals surface area contributed by atoms with Gasteiger partial charge in [0.2, 0.25) is 5.95 Å². The number of carboxylic acid groups (broad SMARTS) is 1. The second-order valence-corrected chi connectivity index (χ2v) is 6.25. The minimum Gasteiger partial charge on any atom is -0.478 e. The summed E-state index contributed by atoms with van der Waals surface area (Å²) >= 11 is 0. The molecule has 2 aromatic heterocycles. The highest BCUT2D eigenvalue weighted by molar-refractivity contribution is 5.88. The van der Waals surface area contributed by atoms with Crippen molar-refractivity contribution in [3.8, 4) is 23.1 Å². The molecule has 0 radical (unpaired) electrons. The van der Waals surface area contributed by atoms with Gasteiger partial charge < -0.3 is 10.8 Å². The van der Waals surface area contributed by atoms with Gasteiger partial charge in [0.05, 0.1) is 22.5 Å². The van der Waals surface area contributed by atoms with Gasteiger partial charge in [-0.3, -0.25) is 4.98 Å². The van der Waals surface area contributed by atoms with Gasteiger partial charge >= 0.3 is 5.97 Å². The highest BCUT2D eigenvalue weighted by atomic mass is 19.1. The van der Waals surface area contributed by atoms with E-state index in [1.54, 1.807) is 6.20 Å². The normalized spacial score (nSPS) is 10.3. The number of aromatic nitrogens is 3. The molecular formula is C22H19FN4O2. The maximum atomic E-state index is 14.2. The number of carboxylic acids is 1. The van der Waals surface area contributed by atoms with Crippen LogP contribution in [0.5, 0.6) is 0 Å². The summed E-state index contributed by atoms with van der Waals surface area (Å²) in [6, 6.07) is 7.58. The first-order valence-electron chi connectivity index (χ1n) is 9.09. The van der Waals surface area contributed by atoms with Crippen LogP contribution >= 0.6 is 0 Å². The molecule has 0 aliphatic heterocycles. The number of hydrogen-bond acceptors (Lipinski definition) is 5. The fraction of sp³-hybridized carbons (Fsp3) is 0.182. The third-order valence-electron chi connectivity index (χ3n) is 4.33. The number of nitrogens with zero attached hydrogens (tertiary/aromatic N) is 3. The third-order valence-corrected chi connectivity index (χ3v) is 4.33. The minimum atomic E-state index is -1.34. The van der Waals surface area contributed by atoms with Crippen LogP contribution in [0, 0.1) is 17.7 Å². The smallest absolute Gasteiger partial charge is 0.338 e. The van der Waals surface area contributed by atoms with Crippen LogP contribution in [0.1, 0.15) is 46.7 Å². The molecule has 0 fully saturated rings. The molecule has 1 aromatic carbocycles. The summed E-state index contributed by atoms with van der Waals surface area (Å²) in [6.45, 7) is 3.93. The minimum absolute atomic E-state index is 0.0408. The Bertz CT molecular complexity index is 1130. The number of carbonyl (C=O) groups is 1. The van der Waals surface area contributed by atoms with E-state index < -0.39 is 17.3 Å². The molecule has 0 unspecified atom stereocenters. The van der Waals surface area contributed by atoms with Crippen molar-refractivity contribution >= 4 is 11.9 Å². The molecule has 0 amide bonds. The van der Waals surface area contributed by atoms with E-state index in [1.807, 2.05) is 26.0 Å². The number of nitrogens with two attached hydrogens (primary N) is 1. The van der Waals surface area contributed by atoms with Gasteiger partial charge in [0.25, 0.3) is 0 Å².